The van der Waals surface area contributed by atoms with Crippen molar-refractivity contribution in [1.82, 2.24) is 14.5 Å². The SMILES string of the molecule is Cc1ccccc1CN(C)C(=O)NCc1ccc(S(=O)(=O)N2CCCCC2)cc1. The lowest BCUT2D eigenvalue weighted by Gasteiger charge is -2.25. The quantitative estimate of drug-likeness (QED) is 0.785. The maximum Gasteiger partial charge on any atom is 0.317 e. The molecule has 0 aromatic heterocycles. The summed E-state index contributed by atoms with van der Waals surface area (Å²) in [6.45, 7) is 4.09. The average molecular weight is 416 g/mol. The summed E-state index contributed by atoms with van der Waals surface area (Å²) in [5.41, 5.74) is 3.12. The van der Waals surface area contributed by atoms with E-state index in [1.165, 1.54) is 0 Å². The molecule has 156 valence electrons. The van der Waals surface area contributed by atoms with Gasteiger partial charge in [0.05, 0.1) is 4.90 Å². The van der Waals surface area contributed by atoms with E-state index in [4.69, 9.17) is 0 Å². The van der Waals surface area contributed by atoms with Crippen molar-refractivity contribution in [2.75, 3.05) is 20.1 Å². The third-order valence-electron chi connectivity index (χ3n) is 5.34. The minimum absolute atomic E-state index is 0.168. The molecule has 0 radical (unpaired) electrons. The molecule has 3 rings (SSSR count). The van der Waals surface area contributed by atoms with Gasteiger partial charge in [-0.15, -0.1) is 0 Å². The fourth-order valence-corrected chi connectivity index (χ4v) is 4.98. The number of carbonyl (C=O) groups excluding carboxylic acids is 1. The molecule has 0 bridgehead atoms. The van der Waals surface area contributed by atoms with Crippen molar-refractivity contribution < 1.29 is 13.2 Å². The summed E-state index contributed by atoms with van der Waals surface area (Å²) in [4.78, 5) is 14.3. The van der Waals surface area contributed by atoms with Crippen molar-refractivity contribution in [3.8, 4) is 0 Å². The largest absolute Gasteiger partial charge is 0.334 e. The molecular formula is C22H29N3O3S. The summed E-state index contributed by atoms with van der Waals surface area (Å²) in [7, 11) is -1.66. The lowest BCUT2D eigenvalue weighted by Crippen LogP contribution is -2.36. The first-order valence-corrected chi connectivity index (χ1v) is 11.4. The molecule has 0 spiro atoms. The zero-order valence-corrected chi connectivity index (χ0v) is 17.9. The second kappa shape index (κ2) is 9.41. The van der Waals surface area contributed by atoms with Crippen LogP contribution in [0.3, 0.4) is 0 Å². The van der Waals surface area contributed by atoms with Crippen molar-refractivity contribution in [2.45, 2.75) is 44.2 Å². The van der Waals surface area contributed by atoms with Crippen LogP contribution < -0.4 is 5.32 Å². The van der Waals surface area contributed by atoms with Crippen LogP contribution in [0, 0.1) is 6.92 Å². The summed E-state index contributed by atoms with van der Waals surface area (Å²) in [6.07, 6.45) is 2.92. The highest BCUT2D eigenvalue weighted by Gasteiger charge is 2.25. The lowest BCUT2D eigenvalue weighted by atomic mass is 10.1. The normalized spacial score (nSPS) is 15.1. The third kappa shape index (κ3) is 5.36. The van der Waals surface area contributed by atoms with Crippen LogP contribution >= 0.6 is 0 Å². The lowest BCUT2D eigenvalue weighted by molar-refractivity contribution is 0.206. The predicted octanol–water partition coefficient (Wildman–Crippen LogP) is 3.51. The molecule has 6 nitrogen and oxygen atoms in total. The van der Waals surface area contributed by atoms with E-state index in [1.54, 1.807) is 40.5 Å². The number of hydrogen-bond donors (Lipinski definition) is 1. The number of piperidine rings is 1. The first-order chi connectivity index (χ1) is 13.9. The van der Waals surface area contributed by atoms with Crippen LogP contribution in [0.15, 0.2) is 53.4 Å². The van der Waals surface area contributed by atoms with Crippen molar-refractivity contribution in [2.24, 2.45) is 0 Å². The van der Waals surface area contributed by atoms with Crippen molar-refractivity contribution in [3.63, 3.8) is 0 Å². The van der Waals surface area contributed by atoms with Crippen molar-refractivity contribution >= 4 is 16.1 Å². The second-order valence-electron chi connectivity index (χ2n) is 7.55. The van der Waals surface area contributed by atoms with Crippen LogP contribution in [0.5, 0.6) is 0 Å². The van der Waals surface area contributed by atoms with E-state index in [9.17, 15) is 13.2 Å². The standard InChI is InChI=1S/C22H29N3O3S/c1-18-8-4-5-9-20(18)17-24(2)22(26)23-16-19-10-12-21(13-11-19)29(27,28)25-14-6-3-7-15-25/h4-5,8-13H,3,6-7,14-17H2,1-2H3,(H,23,26). The molecular weight excluding hydrogens is 386 g/mol. The van der Waals surface area contributed by atoms with Crippen LogP contribution in [0.4, 0.5) is 4.79 Å². The Labute approximate surface area is 173 Å². The molecule has 2 amide bonds. The Morgan fingerprint density at radius 2 is 1.69 bits per heavy atom. The fourth-order valence-electron chi connectivity index (χ4n) is 3.46. The molecule has 7 heteroatoms. The molecule has 1 aliphatic heterocycles. The highest BCUT2D eigenvalue weighted by atomic mass is 32.2. The van der Waals surface area contributed by atoms with Gasteiger partial charge in [-0.1, -0.05) is 42.8 Å². The minimum Gasteiger partial charge on any atom is -0.334 e. The van der Waals surface area contributed by atoms with Crippen LogP contribution in [0.25, 0.3) is 0 Å². The van der Waals surface area contributed by atoms with Gasteiger partial charge in [0, 0.05) is 33.2 Å². The minimum atomic E-state index is -3.42. The molecule has 1 heterocycles. The zero-order valence-electron chi connectivity index (χ0n) is 17.1. The summed E-state index contributed by atoms with van der Waals surface area (Å²) in [6, 6.07) is 14.6. The maximum absolute atomic E-state index is 12.7. The topological polar surface area (TPSA) is 69.7 Å². The first kappa shape index (κ1) is 21.3. The van der Waals surface area contributed by atoms with Crippen LogP contribution in [0.1, 0.15) is 36.0 Å². The van der Waals surface area contributed by atoms with Crippen LogP contribution in [-0.2, 0) is 23.1 Å². The van der Waals surface area contributed by atoms with Gasteiger partial charge in [0.1, 0.15) is 0 Å². The molecule has 0 unspecified atom stereocenters. The highest BCUT2D eigenvalue weighted by molar-refractivity contribution is 7.89. The average Bonchev–Trinajstić information content (AvgIpc) is 2.74. The van der Waals surface area contributed by atoms with Crippen molar-refractivity contribution in [1.29, 1.82) is 0 Å². The number of carbonyl (C=O) groups is 1. The van der Waals surface area contributed by atoms with Crippen LogP contribution in [-0.4, -0.2) is 43.8 Å². The van der Waals surface area contributed by atoms with Gasteiger partial charge in [0.2, 0.25) is 10.0 Å². The van der Waals surface area contributed by atoms with Gasteiger partial charge in [-0.2, -0.15) is 4.31 Å². The van der Waals surface area contributed by atoms with Crippen LogP contribution in [0.2, 0.25) is 0 Å². The number of nitrogens with one attached hydrogen (secondary N) is 1. The van der Waals surface area contributed by atoms with Gasteiger partial charge in [-0.3, -0.25) is 0 Å². The van der Waals surface area contributed by atoms with E-state index in [-0.39, 0.29) is 6.03 Å². The Hall–Kier alpha value is -2.38. The summed E-state index contributed by atoms with van der Waals surface area (Å²) in [5, 5.41) is 2.89. The van der Waals surface area contributed by atoms with E-state index < -0.39 is 10.0 Å². The fraction of sp³-hybridized carbons (Fsp3) is 0.409. The van der Waals surface area contributed by atoms with Crippen molar-refractivity contribution in [3.05, 3.63) is 65.2 Å². The molecule has 2 aromatic rings. The van der Waals surface area contributed by atoms with E-state index in [0.29, 0.717) is 31.1 Å². The Bertz CT molecular complexity index is 936. The van der Waals surface area contributed by atoms with Gasteiger partial charge in [-0.25, -0.2) is 13.2 Å². The molecule has 29 heavy (non-hydrogen) atoms. The van der Waals surface area contributed by atoms with E-state index in [2.05, 4.69) is 5.32 Å². The summed E-state index contributed by atoms with van der Waals surface area (Å²) >= 11 is 0. The number of urea groups is 1. The van der Waals surface area contributed by atoms with Gasteiger partial charge < -0.3 is 10.2 Å². The zero-order chi connectivity index (χ0) is 20.9. The molecule has 1 aliphatic rings. The molecule has 0 saturated carbocycles. The molecule has 2 aromatic carbocycles. The Balaban J connectivity index is 1.55. The summed E-state index contributed by atoms with van der Waals surface area (Å²) in [5.74, 6) is 0. The maximum atomic E-state index is 12.7. The van der Waals surface area contributed by atoms with E-state index in [1.807, 2.05) is 31.2 Å². The van der Waals surface area contributed by atoms with Gasteiger partial charge in [0.25, 0.3) is 0 Å². The van der Waals surface area contributed by atoms with Gasteiger partial charge in [-0.05, 0) is 48.6 Å². The molecule has 0 atom stereocenters. The number of aryl methyl sites for hydroxylation is 1. The number of amides is 2. The Morgan fingerprint density at radius 3 is 2.34 bits per heavy atom. The smallest absolute Gasteiger partial charge is 0.317 e. The number of hydrogen-bond acceptors (Lipinski definition) is 3. The molecule has 1 fully saturated rings. The monoisotopic (exact) mass is 415 g/mol. The number of benzene rings is 2. The number of rotatable bonds is 6. The predicted molar refractivity (Wildman–Crippen MR) is 114 cm³/mol. The van der Waals surface area contributed by atoms with E-state index in [0.717, 1.165) is 36.0 Å². The number of nitrogens with zero attached hydrogens (tertiary/aromatic N) is 2. The second-order valence-corrected chi connectivity index (χ2v) is 9.49. The van der Waals surface area contributed by atoms with E-state index >= 15 is 0 Å². The molecule has 1 saturated heterocycles. The molecule has 0 aliphatic carbocycles. The number of sulfonamides is 1. The third-order valence-corrected chi connectivity index (χ3v) is 7.25. The Morgan fingerprint density at radius 1 is 1.03 bits per heavy atom. The van der Waals surface area contributed by atoms with Gasteiger partial charge in [0.15, 0.2) is 0 Å². The van der Waals surface area contributed by atoms with Gasteiger partial charge >= 0.3 is 6.03 Å². The highest BCUT2D eigenvalue weighted by Crippen LogP contribution is 2.21. The molecule has 1 N–H and O–H groups in total. The summed E-state index contributed by atoms with van der Waals surface area (Å²) < 4.78 is 27.0. The Kier molecular flexibility index (Phi) is 6.92. The first-order valence-electron chi connectivity index (χ1n) is 10.0.